The van der Waals surface area contributed by atoms with Gasteiger partial charge in [0, 0.05) is 17.8 Å². The van der Waals surface area contributed by atoms with Gasteiger partial charge in [-0.1, -0.05) is 60.1 Å². The zero-order valence-electron chi connectivity index (χ0n) is 17.7. The fourth-order valence-corrected chi connectivity index (χ4v) is 4.16. The average Bonchev–Trinajstić information content (AvgIpc) is 3.20. The van der Waals surface area contributed by atoms with E-state index in [1.54, 1.807) is 12.1 Å². The van der Waals surface area contributed by atoms with Crippen molar-refractivity contribution in [3.05, 3.63) is 69.5 Å². The minimum atomic E-state index is -0.294. The summed E-state index contributed by atoms with van der Waals surface area (Å²) in [5.41, 5.74) is 2.31. The second kappa shape index (κ2) is 11.4. The molecule has 0 bridgehead atoms. The number of carbonyl (C=O) groups excluding carboxylic acids is 2. The maximum absolute atomic E-state index is 12.4. The molecule has 168 valence electrons. The van der Waals surface area contributed by atoms with Gasteiger partial charge in [-0.25, -0.2) is 0 Å². The fraction of sp³-hybridized carbons (Fsp3) is 0.273. The summed E-state index contributed by atoms with van der Waals surface area (Å²) in [4.78, 5) is 24.8. The van der Waals surface area contributed by atoms with Crippen molar-refractivity contribution in [3.8, 4) is 0 Å². The highest BCUT2D eigenvalue weighted by molar-refractivity contribution is 7.99. The first-order valence-corrected chi connectivity index (χ1v) is 11.8. The summed E-state index contributed by atoms with van der Waals surface area (Å²) < 4.78 is 1.87. The SMILES string of the molecule is CCc1ccccc1NC(=O)CSc1nnc(CNC(=O)c2ccc(Cl)c(Cl)c2)n1CC. The van der Waals surface area contributed by atoms with Gasteiger partial charge in [-0.15, -0.1) is 10.2 Å². The monoisotopic (exact) mass is 491 g/mol. The Bertz CT molecular complexity index is 1120. The van der Waals surface area contributed by atoms with Gasteiger partial charge >= 0.3 is 0 Å². The van der Waals surface area contributed by atoms with Crippen LogP contribution in [0.5, 0.6) is 0 Å². The number of para-hydroxylation sites is 1. The van der Waals surface area contributed by atoms with Crippen molar-refractivity contribution in [2.24, 2.45) is 0 Å². The number of halogens is 2. The molecular formula is C22H23Cl2N5O2S. The molecule has 10 heteroatoms. The number of rotatable bonds is 9. The van der Waals surface area contributed by atoms with E-state index < -0.39 is 0 Å². The fourth-order valence-electron chi connectivity index (χ4n) is 3.04. The average molecular weight is 492 g/mol. The standard InChI is InChI=1S/C22H23Cl2N5O2S/c1-3-14-7-5-6-8-18(14)26-20(30)13-32-22-28-27-19(29(22)4-2)12-25-21(31)15-9-10-16(23)17(24)11-15/h5-11H,3-4,12-13H2,1-2H3,(H,25,31)(H,26,30). The van der Waals surface area contributed by atoms with Gasteiger partial charge in [0.2, 0.25) is 5.91 Å². The van der Waals surface area contributed by atoms with Crippen LogP contribution >= 0.6 is 35.0 Å². The molecule has 7 nitrogen and oxygen atoms in total. The quantitative estimate of drug-likeness (QED) is 0.418. The molecule has 0 atom stereocenters. The maximum Gasteiger partial charge on any atom is 0.251 e. The van der Waals surface area contributed by atoms with E-state index in [1.807, 2.05) is 42.7 Å². The Morgan fingerprint density at radius 3 is 2.56 bits per heavy atom. The molecular weight excluding hydrogens is 469 g/mol. The lowest BCUT2D eigenvalue weighted by molar-refractivity contribution is -0.113. The Morgan fingerprint density at radius 1 is 1.06 bits per heavy atom. The highest BCUT2D eigenvalue weighted by atomic mass is 35.5. The molecule has 0 unspecified atom stereocenters. The molecule has 3 rings (SSSR count). The molecule has 1 aromatic heterocycles. The van der Waals surface area contributed by atoms with E-state index in [-0.39, 0.29) is 24.1 Å². The molecule has 2 amide bonds. The lowest BCUT2D eigenvalue weighted by Crippen LogP contribution is -2.24. The van der Waals surface area contributed by atoms with E-state index in [0.29, 0.717) is 33.1 Å². The number of anilines is 1. The van der Waals surface area contributed by atoms with Gasteiger partial charge in [-0.3, -0.25) is 9.59 Å². The van der Waals surface area contributed by atoms with Gasteiger partial charge in [-0.2, -0.15) is 0 Å². The summed E-state index contributed by atoms with van der Waals surface area (Å²) in [7, 11) is 0. The maximum atomic E-state index is 12.4. The van der Waals surface area contributed by atoms with E-state index >= 15 is 0 Å². The van der Waals surface area contributed by atoms with Gasteiger partial charge < -0.3 is 15.2 Å². The van der Waals surface area contributed by atoms with Crippen LogP contribution in [0.15, 0.2) is 47.6 Å². The molecule has 2 N–H and O–H groups in total. The minimum absolute atomic E-state index is 0.115. The van der Waals surface area contributed by atoms with Crippen molar-refractivity contribution in [1.29, 1.82) is 0 Å². The first kappa shape index (κ1) is 24.1. The molecule has 32 heavy (non-hydrogen) atoms. The summed E-state index contributed by atoms with van der Waals surface area (Å²) in [5, 5.41) is 15.4. The van der Waals surface area contributed by atoms with Gasteiger partial charge in [0.25, 0.3) is 5.91 Å². The van der Waals surface area contributed by atoms with Crippen LogP contribution in [0.2, 0.25) is 10.0 Å². The highest BCUT2D eigenvalue weighted by Crippen LogP contribution is 2.23. The summed E-state index contributed by atoms with van der Waals surface area (Å²) in [6.07, 6.45) is 0.838. The zero-order chi connectivity index (χ0) is 23.1. The van der Waals surface area contributed by atoms with Crippen molar-refractivity contribution in [1.82, 2.24) is 20.1 Å². The lowest BCUT2D eigenvalue weighted by Gasteiger charge is -2.10. The first-order valence-electron chi connectivity index (χ1n) is 10.1. The van der Waals surface area contributed by atoms with E-state index in [2.05, 4.69) is 20.8 Å². The minimum Gasteiger partial charge on any atom is -0.345 e. The van der Waals surface area contributed by atoms with Gasteiger partial charge in [0.05, 0.1) is 22.3 Å². The molecule has 2 aromatic carbocycles. The number of carbonyl (C=O) groups is 2. The van der Waals surface area contributed by atoms with Crippen molar-refractivity contribution in [2.45, 2.75) is 38.5 Å². The van der Waals surface area contributed by atoms with Crippen LogP contribution in [-0.2, 0) is 24.3 Å². The summed E-state index contributed by atoms with van der Waals surface area (Å²) in [5.74, 6) is 0.389. The number of thioether (sulfide) groups is 1. The number of benzene rings is 2. The predicted octanol–water partition coefficient (Wildman–Crippen LogP) is 4.83. The Morgan fingerprint density at radius 2 is 1.84 bits per heavy atom. The largest absolute Gasteiger partial charge is 0.345 e. The van der Waals surface area contributed by atoms with Crippen LogP contribution in [0.3, 0.4) is 0 Å². The van der Waals surface area contributed by atoms with Crippen molar-refractivity contribution in [2.75, 3.05) is 11.1 Å². The number of hydrogen-bond donors (Lipinski definition) is 2. The number of amides is 2. The van der Waals surface area contributed by atoms with E-state index in [9.17, 15) is 9.59 Å². The summed E-state index contributed by atoms with van der Waals surface area (Å²) in [6, 6.07) is 12.4. The molecule has 0 aliphatic heterocycles. The van der Waals surface area contributed by atoms with Gasteiger partial charge in [-0.05, 0) is 43.2 Å². The molecule has 3 aromatic rings. The summed E-state index contributed by atoms with van der Waals surface area (Å²) in [6.45, 7) is 4.80. The Labute approximate surface area is 200 Å². The number of aryl methyl sites for hydroxylation is 1. The van der Waals surface area contributed by atoms with Crippen LogP contribution in [0.25, 0.3) is 0 Å². The van der Waals surface area contributed by atoms with Crippen LogP contribution in [0.4, 0.5) is 5.69 Å². The topological polar surface area (TPSA) is 88.9 Å². The second-order valence-corrected chi connectivity index (χ2v) is 8.56. The van der Waals surface area contributed by atoms with Crippen LogP contribution in [0.1, 0.15) is 35.6 Å². The highest BCUT2D eigenvalue weighted by Gasteiger charge is 2.15. The molecule has 0 radical (unpaired) electrons. The Hall–Kier alpha value is -2.55. The Kier molecular flexibility index (Phi) is 8.55. The van der Waals surface area contributed by atoms with E-state index in [4.69, 9.17) is 23.2 Å². The van der Waals surface area contributed by atoms with Gasteiger partial charge in [0.15, 0.2) is 11.0 Å². The molecule has 0 saturated heterocycles. The molecule has 0 spiro atoms. The number of nitrogens with one attached hydrogen (secondary N) is 2. The second-order valence-electron chi connectivity index (χ2n) is 6.80. The predicted molar refractivity (Wildman–Crippen MR) is 129 cm³/mol. The number of nitrogens with zero attached hydrogens (tertiary/aromatic N) is 3. The van der Waals surface area contributed by atoms with Crippen molar-refractivity contribution in [3.63, 3.8) is 0 Å². The lowest BCUT2D eigenvalue weighted by atomic mass is 10.1. The Balaban J connectivity index is 1.58. The molecule has 1 heterocycles. The van der Waals surface area contributed by atoms with Crippen molar-refractivity contribution < 1.29 is 9.59 Å². The third kappa shape index (κ3) is 6.03. The molecule has 0 aliphatic rings. The zero-order valence-corrected chi connectivity index (χ0v) is 20.0. The van der Waals surface area contributed by atoms with Crippen LogP contribution in [0, 0.1) is 0 Å². The summed E-state index contributed by atoms with van der Waals surface area (Å²) >= 11 is 13.2. The van der Waals surface area contributed by atoms with Gasteiger partial charge in [0.1, 0.15) is 0 Å². The van der Waals surface area contributed by atoms with Crippen LogP contribution in [-0.4, -0.2) is 32.3 Å². The molecule has 0 saturated carbocycles. The number of hydrogen-bond acceptors (Lipinski definition) is 5. The van der Waals surface area contributed by atoms with Crippen molar-refractivity contribution >= 4 is 52.5 Å². The van der Waals surface area contributed by atoms with E-state index in [0.717, 1.165) is 17.7 Å². The third-order valence-corrected chi connectivity index (χ3v) is 6.41. The first-order chi connectivity index (χ1) is 15.4. The molecule has 0 fully saturated rings. The van der Waals surface area contributed by atoms with E-state index in [1.165, 1.54) is 17.8 Å². The normalized spacial score (nSPS) is 10.8. The van der Waals surface area contributed by atoms with Crippen LogP contribution < -0.4 is 10.6 Å². The number of aromatic nitrogens is 3. The smallest absolute Gasteiger partial charge is 0.251 e. The third-order valence-electron chi connectivity index (χ3n) is 4.70. The molecule has 0 aliphatic carbocycles.